The molecular formula is C24H28N2O4. The van der Waals surface area contributed by atoms with Crippen LogP contribution in [0, 0.1) is 5.92 Å². The van der Waals surface area contributed by atoms with Gasteiger partial charge < -0.3 is 19.7 Å². The quantitative estimate of drug-likeness (QED) is 0.714. The minimum atomic E-state index is -0.0592. The van der Waals surface area contributed by atoms with Crippen molar-refractivity contribution in [3.63, 3.8) is 0 Å². The maximum atomic E-state index is 12.6. The van der Waals surface area contributed by atoms with Crippen LogP contribution in [0.2, 0.25) is 0 Å². The van der Waals surface area contributed by atoms with E-state index < -0.39 is 0 Å². The van der Waals surface area contributed by atoms with Crippen LogP contribution in [0.5, 0.6) is 11.5 Å². The highest BCUT2D eigenvalue weighted by Crippen LogP contribution is 2.26. The number of hydrogen-bond acceptors (Lipinski definition) is 4. The van der Waals surface area contributed by atoms with Gasteiger partial charge in [-0.3, -0.25) is 9.59 Å². The summed E-state index contributed by atoms with van der Waals surface area (Å²) >= 11 is 0. The van der Waals surface area contributed by atoms with Crippen LogP contribution < -0.4 is 14.8 Å². The van der Waals surface area contributed by atoms with Gasteiger partial charge in [0.05, 0.1) is 14.2 Å². The molecule has 1 saturated heterocycles. The number of carbonyl (C=O) groups is 2. The number of ether oxygens (including phenoxy) is 2. The largest absolute Gasteiger partial charge is 0.497 e. The fourth-order valence-corrected chi connectivity index (χ4v) is 3.51. The van der Waals surface area contributed by atoms with Crippen LogP contribution in [0.1, 0.15) is 24.0 Å². The Hall–Kier alpha value is -3.28. The molecule has 1 aliphatic rings. The van der Waals surface area contributed by atoms with E-state index in [4.69, 9.17) is 9.47 Å². The zero-order valence-electron chi connectivity index (χ0n) is 17.5. The zero-order chi connectivity index (χ0) is 21.3. The molecule has 1 N–H and O–H groups in total. The monoisotopic (exact) mass is 408 g/mol. The predicted octanol–water partition coefficient (Wildman–Crippen LogP) is 3.27. The average molecular weight is 408 g/mol. The van der Waals surface area contributed by atoms with Gasteiger partial charge in [-0.2, -0.15) is 0 Å². The molecule has 2 aromatic rings. The Morgan fingerprint density at radius 3 is 2.47 bits per heavy atom. The van der Waals surface area contributed by atoms with Crippen molar-refractivity contribution in [1.29, 1.82) is 0 Å². The van der Waals surface area contributed by atoms with Gasteiger partial charge in [0.2, 0.25) is 11.8 Å². The van der Waals surface area contributed by atoms with Crippen molar-refractivity contribution in [3.05, 3.63) is 65.7 Å². The van der Waals surface area contributed by atoms with Crippen molar-refractivity contribution < 1.29 is 19.1 Å². The summed E-state index contributed by atoms with van der Waals surface area (Å²) in [5.74, 6) is 1.29. The van der Waals surface area contributed by atoms with Crippen LogP contribution >= 0.6 is 0 Å². The fourth-order valence-electron chi connectivity index (χ4n) is 3.51. The van der Waals surface area contributed by atoms with Crippen LogP contribution in [-0.4, -0.2) is 44.0 Å². The molecule has 0 unspecified atom stereocenters. The smallest absolute Gasteiger partial charge is 0.246 e. The lowest BCUT2D eigenvalue weighted by Crippen LogP contribution is -2.42. The van der Waals surface area contributed by atoms with Crippen LogP contribution in [-0.2, 0) is 16.1 Å². The minimum Gasteiger partial charge on any atom is -0.497 e. The van der Waals surface area contributed by atoms with Crippen molar-refractivity contribution in [2.24, 2.45) is 5.92 Å². The Bertz CT molecular complexity index is 887. The van der Waals surface area contributed by atoms with Gasteiger partial charge >= 0.3 is 0 Å². The van der Waals surface area contributed by atoms with Gasteiger partial charge in [-0.05, 0) is 36.6 Å². The van der Waals surface area contributed by atoms with E-state index in [1.165, 1.54) is 0 Å². The first-order valence-electron chi connectivity index (χ1n) is 10.1. The second-order valence-electron chi connectivity index (χ2n) is 7.24. The molecule has 30 heavy (non-hydrogen) atoms. The molecule has 6 heteroatoms. The number of benzene rings is 2. The molecule has 1 aliphatic heterocycles. The van der Waals surface area contributed by atoms with E-state index in [0.29, 0.717) is 44.0 Å². The van der Waals surface area contributed by atoms with E-state index >= 15 is 0 Å². The summed E-state index contributed by atoms with van der Waals surface area (Å²) < 4.78 is 10.6. The number of nitrogens with zero attached hydrogens (tertiary/aromatic N) is 1. The molecule has 1 fully saturated rings. The number of methoxy groups -OCH3 is 2. The van der Waals surface area contributed by atoms with E-state index in [1.807, 2.05) is 42.5 Å². The fraction of sp³-hybridized carbons (Fsp3) is 0.333. The molecule has 1 heterocycles. The first-order chi connectivity index (χ1) is 14.6. The molecular weight excluding hydrogens is 380 g/mol. The van der Waals surface area contributed by atoms with Crippen LogP contribution in [0.25, 0.3) is 6.08 Å². The van der Waals surface area contributed by atoms with Crippen LogP contribution in [0.4, 0.5) is 0 Å². The number of nitrogens with one attached hydrogen (secondary N) is 1. The Labute approximate surface area is 177 Å². The predicted molar refractivity (Wildman–Crippen MR) is 116 cm³/mol. The maximum Gasteiger partial charge on any atom is 0.246 e. The Kier molecular flexibility index (Phi) is 7.49. The van der Waals surface area contributed by atoms with E-state index in [2.05, 4.69) is 5.32 Å². The molecule has 3 rings (SSSR count). The summed E-state index contributed by atoms with van der Waals surface area (Å²) in [6, 6.07) is 15.3. The second-order valence-corrected chi connectivity index (χ2v) is 7.24. The average Bonchev–Trinajstić information content (AvgIpc) is 2.81. The highest BCUT2D eigenvalue weighted by atomic mass is 16.5. The van der Waals surface area contributed by atoms with Gasteiger partial charge in [0.1, 0.15) is 11.5 Å². The minimum absolute atomic E-state index is 0.0524. The first kappa shape index (κ1) is 21.4. The third-order valence-corrected chi connectivity index (χ3v) is 5.33. The Morgan fingerprint density at radius 1 is 1.07 bits per heavy atom. The Balaban J connectivity index is 1.49. The number of hydrogen-bond donors (Lipinski definition) is 1. The van der Waals surface area contributed by atoms with E-state index in [0.717, 1.165) is 11.1 Å². The molecule has 0 spiro atoms. The molecule has 6 nitrogen and oxygen atoms in total. The summed E-state index contributed by atoms with van der Waals surface area (Å²) in [7, 11) is 3.18. The SMILES string of the molecule is COc1ccc(/C=C/C(=O)N2CCC(C(=O)NCc3ccccc3)CC2)c(OC)c1. The van der Waals surface area contributed by atoms with Crippen molar-refractivity contribution in [1.82, 2.24) is 10.2 Å². The van der Waals surface area contributed by atoms with Gasteiger partial charge in [-0.1, -0.05) is 30.3 Å². The molecule has 0 aliphatic carbocycles. The zero-order valence-corrected chi connectivity index (χ0v) is 17.5. The summed E-state index contributed by atoms with van der Waals surface area (Å²) in [4.78, 5) is 26.8. The van der Waals surface area contributed by atoms with E-state index in [9.17, 15) is 9.59 Å². The maximum absolute atomic E-state index is 12.6. The van der Waals surface area contributed by atoms with Crippen molar-refractivity contribution in [2.75, 3.05) is 27.3 Å². The highest BCUT2D eigenvalue weighted by molar-refractivity contribution is 5.92. The number of likely N-dealkylation sites (tertiary alicyclic amines) is 1. The molecule has 0 saturated carbocycles. The van der Waals surface area contributed by atoms with Crippen molar-refractivity contribution in [3.8, 4) is 11.5 Å². The third-order valence-electron chi connectivity index (χ3n) is 5.33. The van der Waals surface area contributed by atoms with Gasteiger partial charge in [0.15, 0.2) is 0 Å². The number of piperidine rings is 1. The number of carbonyl (C=O) groups excluding carboxylic acids is 2. The third kappa shape index (κ3) is 5.63. The topological polar surface area (TPSA) is 67.9 Å². The summed E-state index contributed by atoms with van der Waals surface area (Å²) in [5, 5.41) is 3.00. The number of amides is 2. The number of rotatable bonds is 7. The van der Waals surface area contributed by atoms with Crippen molar-refractivity contribution >= 4 is 17.9 Å². The standard InChI is InChI=1S/C24H28N2O4/c1-29-21-10-8-19(22(16-21)30-2)9-11-23(27)26-14-12-20(13-15-26)24(28)25-17-18-6-4-3-5-7-18/h3-11,16,20H,12-15,17H2,1-2H3,(H,25,28)/b11-9+. The van der Waals surface area contributed by atoms with Crippen molar-refractivity contribution in [2.45, 2.75) is 19.4 Å². The van der Waals surface area contributed by atoms with Gasteiger partial charge in [-0.15, -0.1) is 0 Å². The second kappa shape index (κ2) is 10.5. The molecule has 0 radical (unpaired) electrons. The molecule has 158 valence electrons. The molecule has 0 atom stereocenters. The normalized spacial score (nSPS) is 14.5. The van der Waals surface area contributed by atoms with Crippen LogP contribution in [0.15, 0.2) is 54.6 Å². The van der Waals surface area contributed by atoms with Crippen LogP contribution in [0.3, 0.4) is 0 Å². The van der Waals surface area contributed by atoms with Gasteiger partial charge in [-0.25, -0.2) is 0 Å². The first-order valence-corrected chi connectivity index (χ1v) is 10.1. The highest BCUT2D eigenvalue weighted by Gasteiger charge is 2.26. The molecule has 0 bridgehead atoms. The molecule has 2 amide bonds. The van der Waals surface area contributed by atoms with Gasteiger partial charge in [0.25, 0.3) is 0 Å². The molecule has 2 aromatic carbocycles. The lowest BCUT2D eigenvalue weighted by atomic mass is 9.95. The lowest BCUT2D eigenvalue weighted by molar-refractivity contribution is -0.132. The molecule has 0 aromatic heterocycles. The summed E-state index contributed by atoms with van der Waals surface area (Å²) in [5.41, 5.74) is 1.89. The van der Waals surface area contributed by atoms with E-state index in [1.54, 1.807) is 37.3 Å². The summed E-state index contributed by atoms with van der Waals surface area (Å²) in [6.45, 7) is 1.68. The van der Waals surface area contributed by atoms with E-state index in [-0.39, 0.29) is 17.7 Å². The van der Waals surface area contributed by atoms with Gasteiger partial charge in [0, 0.05) is 43.3 Å². The lowest BCUT2D eigenvalue weighted by Gasteiger charge is -2.30. The Morgan fingerprint density at radius 2 is 1.80 bits per heavy atom. The summed E-state index contributed by atoms with van der Waals surface area (Å²) in [6.07, 6.45) is 4.65.